The van der Waals surface area contributed by atoms with E-state index in [9.17, 15) is 22.8 Å². The molecular weight excluding hydrogens is 403 g/mol. The Hall–Kier alpha value is -2.15. The first-order valence-electron chi connectivity index (χ1n) is 7.76. The van der Waals surface area contributed by atoms with E-state index in [0.29, 0.717) is 11.1 Å². The molecule has 1 aromatic carbocycles. The normalized spacial score (nSPS) is 10.7. The molecule has 13 heteroatoms. The number of nitrogens with zero attached hydrogens (tertiary/aromatic N) is 3. The van der Waals surface area contributed by atoms with E-state index < -0.39 is 32.6 Å². The van der Waals surface area contributed by atoms with Crippen LogP contribution in [0.25, 0.3) is 0 Å². The van der Waals surface area contributed by atoms with E-state index in [-0.39, 0.29) is 47.7 Å². The Kier molecular flexibility index (Phi) is 8.42. The minimum Gasteiger partial charge on any atom is -0.465 e. The molecule has 0 spiro atoms. The van der Waals surface area contributed by atoms with Gasteiger partial charge in [-0.05, 0) is 18.6 Å². The fourth-order valence-electron chi connectivity index (χ4n) is 2.06. The van der Waals surface area contributed by atoms with E-state index in [4.69, 9.17) is 4.74 Å². The predicted molar refractivity (Wildman–Crippen MR) is 92.2 cm³/mol. The second kappa shape index (κ2) is 9.87. The number of amides is 1. The molecule has 1 heterocycles. The molecule has 0 aliphatic carbocycles. The summed E-state index contributed by atoms with van der Waals surface area (Å²) in [4.78, 5) is 35.6. The number of sulfonamides is 1. The SMILES string of the molecule is CCCOc1nn(C(=O)NS(=O)(=O)c2ccccc2C(=O)OC)c(=O)n1C.[Na+]. The molecule has 28 heavy (non-hydrogen) atoms. The van der Waals surface area contributed by atoms with Gasteiger partial charge in [0.1, 0.15) is 4.90 Å². The Labute approximate surface area is 183 Å². The van der Waals surface area contributed by atoms with Gasteiger partial charge in [0.15, 0.2) is 0 Å². The number of hydrogen-bond donors (Lipinski definition) is 1. The minimum atomic E-state index is -4.48. The number of ether oxygens (including phenoxy) is 2. The third-order valence-electron chi connectivity index (χ3n) is 3.37. The van der Waals surface area contributed by atoms with E-state index in [1.54, 1.807) is 4.72 Å². The van der Waals surface area contributed by atoms with Crippen LogP contribution in [0, 0.1) is 0 Å². The third kappa shape index (κ3) is 5.01. The van der Waals surface area contributed by atoms with Gasteiger partial charge < -0.3 is 9.47 Å². The van der Waals surface area contributed by atoms with Gasteiger partial charge in [0, 0.05) is 7.05 Å². The van der Waals surface area contributed by atoms with Gasteiger partial charge >= 0.3 is 53.3 Å². The molecular formula is C15H18N4NaO7S+. The summed E-state index contributed by atoms with van der Waals surface area (Å²) >= 11 is 0. The van der Waals surface area contributed by atoms with Crippen LogP contribution >= 0.6 is 0 Å². The van der Waals surface area contributed by atoms with E-state index in [2.05, 4.69) is 9.84 Å². The van der Waals surface area contributed by atoms with Crippen molar-refractivity contribution >= 4 is 22.0 Å². The number of esters is 1. The van der Waals surface area contributed by atoms with Crippen LogP contribution in [-0.2, 0) is 21.8 Å². The van der Waals surface area contributed by atoms with E-state index in [0.717, 1.165) is 17.7 Å². The van der Waals surface area contributed by atoms with Crippen molar-refractivity contribution in [3.63, 3.8) is 0 Å². The molecule has 0 saturated carbocycles. The molecule has 1 aromatic heterocycles. The van der Waals surface area contributed by atoms with Crippen molar-refractivity contribution in [1.82, 2.24) is 19.1 Å². The zero-order chi connectivity index (χ0) is 20.2. The van der Waals surface area contributed by atoms with Gasteiger partial charge in [-0.25, -0.2) is 32.1 Å². The number of hydrogen-bond acceptors (Lipinski definition) is 8. The van der Waals surface area contributed by atoms with Gasteiger partial charge in [0.2, 0.25) is 0 Å². The Morgan fingerprint density at radius 3 is 2.50 bits per heavy atom. The van der Waals surface area contributed by atoms with E-state index in [1.807, 2.05) is 6.92 Å². The maximum absolute atomic E-state index is 12.5. The quantitative estimate of drug-likeness (QED) is 0.387. The van der Waals surface area contributed by atoms with Crippen LogP contribution in [0.3, 0.4) is 0 Å². The van der Waals surface area contributed by atoms with Crippen LogP contribution < -0.4 is 44.7 Å². The van der Waals surface area contributed by atoms with Crippen LogP contribution in [0.5, 0.6) is 6.01 Å². The molecule has 2 aromatic rings. The molecule has 1 amide bonds. The van der Waals surface area contributed by atoms with Crippen molar-refractivity contribution in [2.24, 2.45) is 7.05 Å². The molecule has 11 nitrogen and oxygen atoms in total. The molecule has 2 rings (SSSR count). The summed E-state index contributed by atoms with van der Waals surface area (Å²) in [6.07, 6.45) is 0.645. The van der Waals surface area contributed by atoms with E-state index >= 15 is 0 Å². The molecule has 0 aliphatic rings. The first-order chi connectivity index (χ1) is 12.7. The third-order valence-corrected chi connectivity index (χ3v) is 4.75. The molecule has 0 fully saturated rings. The first-order valence-corrected chi connectivity index (χ1v) is 9.24. The Balaban J connectivity index is 0.00000392. The topological polar surface area (TPSA) is 139 Å². The zero-order valence-electron chi connectivity index (χ0n) is 15.8. The Morgan fingerprint density at radius 1 is 1.25 bits per heavy atom. The number of aromatic nitrogens is 3. The monoisotopic (exact) mass is 421 g/mol. The molecule has 146 valence electrons. The summed E-state index contributed by atoms with van der Waals surface area (Å²) in [5.41, 5.74) is -1.16. The molecule has 0 saturated heterocycles. The van der Waals surface area contributed by atoms with Gasteiger partial charge in [-0.3, -0.25) is 0 Å². The summed E-state index contributed by atoms with van der Waals surface area (Å²) in [6.45, 7) is 2.10. The van der Waals surface area contributed by atoms with Crippen molar-refractivity contribution in [3.05, 3.63) is 40.3 Å². The van der Waals surface area contributed by atoms with Crippen molar-refractivity contribution in [2.75, 3.05) is 13.7 Å². The molecule has 0 bridgehead atoms. The second-order valence-electron chi connectivity index (χ2n) is 5.28. The van der Waals surface area contributed by atoms with Crippen LogP contribution in [0.1, 0.15) is 23.7 Å². The minimum absolute atomic E-state index is 0. The first kappa shape index (κ1) is 23.9. The van der Waals surface area contributed by atoms with Gasteiger partial charge in [0.25, 0.3) is 10.0 Å². The van der Waals surface area contributed by atoms with Crippen molar-refractivity contribution < 1.29 is 57.0 Å². The Bertz CT molecular complexity index is 1030. The average Bonchev–Trinajstić information content (AvgIpc) is 2.93. The number of nitrogens with one attached hydrogen (secondary N) is 1. The second-order valence-corrected chi connectivity index (χ2v) is 6.93. The zero-order valence-corrected chi connectivity index (χ0v) is 18.6. The number of benzene rings is 1. The summed E-state index contributed by atoms with van der Waals surface area (Å²) < 4.78 is 37.8. The molecule has 0 radical (unpaired) electrons. The van der Waals surface area contributed by atoms with Gasteiger partial charge in [0.05, 0.1) is 19.3 Å². The Morgan fingerprint density at radius 2 is 1.89 bits per heavy atom. The van der Waals surface area contributed by atoms with Gasteiger partial charge in [-0.1, -0.05) is 19.1 Å². The summed E-state index contributed by atoms with van der Waals surface area (Å²) in [6, 6.07) is 3.71. The number of carbonyl (C=O) groups is 2. The standard InChI is InChI=1S/C15H18N4O7S.Na/c1-4-9-26-14-16-19(15(22)18(14)2)13(21)17-27(23,24)11-8-6-5-7-10(11)12(20)25-3;/h5-8H,4,9H2,1-3H3,(H,17,21);/q;+1. The van der Waals surface area contributed by atoms with Crippen LogP contribution in [0.4, 0.5) is 4.79 Å². The van der Waals surface area contributed by atoms with Crippen molar-refractivity contribution in [1.29, 1.82) is 0 Å². The summed E-state index contributed by atoms with van der Waals surface area (Å²) in [5, 5.41) is 3.68. The summed E-state index contributed by atoms with van der Waals surface area (Å²) in [7, 11) is -2.06. The van der Waals surface area contributed by atoms with Crippen molar-refractivity contribution in [3.8, 4) is 6.01 Å². The molecule has 1 N–H and O–H groups in total. The smallest absolute Gasteiger partial charge is 0.465 e. The number of rotatable bonds is 6. The fraction of sp³-hybridized carbons (Fsp3) is 0.333. The van der Waals surface area contributed by atoms with Gasteiger partial charge in [-0.15, -0.1) is 9.78 Å². The number of methoxy groups -OCH3 is 1. The number of carbonyl (C=O) groups excluding carboxylic acids is 2. The van der Waals surface area contributed by atoms with Crippen LogP contribution in [0.15, 0.2) is 34.0 Å². The largest absolute Gasteiger partial charge is 1.00 e. The maximum atomic E-state index is 12.5. The molecule has 0 atom stereocenters. The van der Waals surface area contributed by atoms with Crippen molar-refractivity contribution in [2.45, 2.75) is 18.2 Å². The molecule has 0 aliphatic heterocycles. The van der Waals surface area contributed by atoms with Crippen LogP contribution in [0.2, 0.25) is 0 Å². The van der Waals surface area contributed by atoms with Gasteiger partial charge in [-0.2, -0.15) is 0 Å². The van der Waals surface area contributed by atoms with Crippen LogP contribution in [-0.4, -0.2) is 48.5 Å². The van der Waals surface area contributed by atoms with E-state index in [1.165, 1.54) is 25.2 Å². The predicted octanol–water partition coefficient (Wildman–Crippen LogP) is -2.89. The fourth-order valence-corrected chi connectivity index (χ4v) is 3.19. The maximum Gasteiger partial charge on any atom is 1.00 e. The summed E-state index contributed by atoms with van der Waals surface area (Å²) in [5.74, 6) is -0.895. The molecule has 0 unspecified atom stereocenters. The average molecular weight is 421 g/mol.